The van der Waals surface area contributed by atoms with Crippen LogP contribution in [0.5, 0.6) is 0 Å². The van der Waals surface area contributed by atoms with E-state index >= 15 is 0 Å². The Labute approximate surface area is 137 Å². The van der Waals surface area contributed by atoms with Crippen LogP contribution in [0.4, 0.5) is 0 Å². The van der Waals surface area contributed by atoms with E-state index in [0.29, 0.717) is 29.8 Å². The lowest BCUT2D eigenvalue weighted by Crippen LogP contribution is -2.38. The number of hydrogen-bond acceptors (Lipinski definition) is 4. The van der Waals surface area contributed by atoms with E-state index in [4.69, 9.17) is 9.15 Å². The zero-order valence-corrected chi connectivity index (χ0v) is 12.7. The number of aromatic amines is 1. The van der Waals surface area contributed by atoms with Gasteiger partial charge in [-0.05, 0) is 30.2 Å². The Morgan fingerprint density at radius 2 is 2.29 bits per heavy atom. The lowest BCUT2D eigenvalue weighted by Gasteiger charge is -2.35. The van der Waals surface area contributed by atoms with Gasteiger partial charge in [0.05, 0.1) is 42.9 Å². The molecule has 6 nitrogen and oxygen atoms in total. The van der Waals surface area contributed by atoms with Crippen LogP contribution >= 0.6 is 0 Å². The first-order chi connectivity index (χ1) is 11.7. The van der Waals surface area contributed by atoms with E-state index in [9.17, 15) is 15.2 Å². The standard InChI is InChI=1S/C18H14N2O4/c19-9-11-2-1-3-14-16(11)13-5-7-24-18(8-15(21)22,17(13)20-14)12-4-6-23-10-12/h1-4,6,10,20H,5,7-8H2,(H,21,22). The molecule has 1 aliphatic rings. The van der Waals surface area contributed by atoms with Gasteiger partial charge in [-0.25, -0.2) is 0 Å². The molecule has 0 spiro atoms. The molecule has 0 saturated carbocycles. The molecule has 1 unspecified atom stereocenters. The highest BCUT2D eigenvalue weighted by molar-refractivity contribution is 5.91. The first kappa shape index (κ1) is 14.5. The Hall–Kier alpha value is -3.04. The zero-order valence-electron chi connectivity index (χ0n) is 12.7. The number of carboxylic acid groups (broad SMARTS) is 1. The summed E-state index contributed by atoms with van der Waals surface area (Å²) in [5, 5.41) is 19.7. The maximum absolute atomic E-state index is 11.5. The molecule has 24 heavy (non-hydrogen) atoms. The van der Waals surface area contributed by atoms with Gasteiger partial charge in [0.1, 0.15) is 5.60 Å². The van der Waals surface area contributed by atoms with E-state index in [1.807, 2.05) is 6.07 Å². The van der Waals surface area contributed by atoms with Gasteiger partial charge in [0, 0.05) is 16.5 Å². The number of nitrogens with one attached hydrogen (secondary N) is 1. The van der Waals surface area contributed by atoms with Gasteiger partial charge >= 0.3 is 5.97 Å². The number of carbonyl (C=O) groups is 1. The molecule has 2 aromatic heterocycles. The molecule has 120 valence electrons. The van der Waals surface area contributed by atoms with Crippen molar-refractivity contribution < 1.29 is 19.1 Å². The molecule has 0 aliphatic carbocycles. The second-order valence-corrected chi connectivity index (χ2v) is 5.83. The number of ether oxygens (including phenoxy) is 1. The number of aromatic nitrogens is 1. The molecule has 0 saturated heterocycles. The average Bonchev–Trinajstić information content (AvgIpc) is 3.22. The van der Waals surface area contributed by atoms with Crippen LogP contribution in [0.3, 0.4) is 0 Å². The molecule has 2 N–H and O–H groups in total. The van der Waals surface area contributed by atoms with Gasteiger partial charge in [-0.1, -0.05) is 6.07 Å². The maximum Gasteiger partial charge on any atom is 0.307 e. The summed E-state index contributed by atoms with van der Waals surface area (Å²) in [6, 6.07) is 9.39. The number of nitrogens with zero attached hydrogens (tertiary/aromatic N) is 1. The van der Waals surface area contributed by atoms with Crippen molar-refractivity contribution in [2.75, 3.05) is 6.61 Å². The summed E-state index contributed by atoms with van der Waals surface area (Å²) in [7, 11) is 0. The largest absolute Gasteiger partial charge is 0.481 e. The fourth-order valence-electron chi connectivity index (χ4n) is 3.58. The van der Waals surface area contributed by atoms with Gasteiger partial charge in [-0.2, -0.15) is 5.26 Å². The number of nitriles is 1. The van der Waals surface area contributed by atoms with E-state index in [2.05, 4.69) is 11.1 Å². The molecule has 1 atom stereocenters. The van der Waals surface area contributed by atoms with Gasteiger partial charge < -0.3 is 19.2 Å². The van der Waals surface area contributed by atoms with Crippen LogP contribution in [0.15, 0.2) is 41.2 Å². The molecule has 0 radical (unpaired) electrons. The molecule has 0 fully saturated rings. The number of carboxylic acids is 1. The monoisotopic (exact) mass is 322 g/mol. The van der Waals surface area contributed by atoms with E-state index in [0.717, 1.165) is 16.5 Å². The number of rotatable bonds is 3. The summed E-state index contributed by atoms with van der Waals surface area (Å²) in [6.07, 6.45) is 3.40. The first-order valence-corrected chi connectivity index (χ1v) is 7.58. The molecule has 6 heteroatoms. The second-order valence-electron chi connectivity index (χ2n) is 5.83. The number of fused-ring (bicyclic) bond motifs is 3. The molecule has 0 bridgehead atoms. The smallest absolute Gasteiger partial charge is 0.307 e. The molecule has 1 aliphatic heterocycles. The van der Waals surface area contributed by atoms with E-state index < -0.39 is 11.6 Å². The summed E-state index contributed by atoms with van der Waals surface area (Å²) in [4.78, 5) is 14.8. The Bertz CT molecular complexity index is 965. The SMILES string of the molecule is N#Cc1cccc2[nH]c3c(c12)CCOC3(CC(=O)O)c1ccoc1. The van der Waals surface area contributed by atoms with Crippen LogP contribution in [-0.2, 0) is 21.6 Å². The van der Waals surface area contributed by atoms with Gasteiger partial charge in [-0.15, -0.1) is 0 Å². The van der Waals surface area contributed by atoms with E-state index in [-0.39, 0.29) is 6.42 Å². The first-order valence-electron chi connectivity index (χ1n) is 7.58. The number of furan rings is 1. The van der Waals surface area contributed by atoms with Gasteiger partial charge in [0.2, 0.25) is 0 Å². The molecule has 3 aromatic rings. The van der Waals surface area contributed by atoms with Crippen LogP contribution in [0.1, 0.15) is 28.8 Å². The van der Waals surface area contributed by atoms with Crippen LogP contribution in [0.25, 0.3) is 10.9 Å². The van der Waals surface area contributed by atoms with Gasteiger partial charge in [-0.3, -0.25) is 4.79 Å². The summed E-state index contributed by atoms with van der Waals surface area (Å²) >= 11 is 0. The van der Waals surface area contributed by atoms with E-state index in [1.54, 1.807) is 18.2 Å². The Kier molecular flexibility index (Phi) is 3.18. The Morgan fingerprint density at radius 1 is 1.42 bits per heavy atom. The predicted molar refractivity (Wildman–Crippen MR) is 84.4 cm³/mol. The van der Waals surface area contributed by atoms with Crippen LogP contribution in [0.2, 0.25) is 0 Å². The summed E-state index contributed by atoms with van der Waals surface area (Å²) in [6.45, 7) is 0.373. The number of aliphatic carboxylic acids is 1. The quantitative estimate of drug-likeness (QED) is 0.772. The summed E-state index contributed by atoms with van der Waals surface area (Å²) in [5.41, 5.74) is 2.52. The minimum Gasteiger partial charge on any atom is -0.481 e. The summed E-state index contributed by atoms with van der Waals surface area (Å²) < 4.78 is 11.2. The molecule has 3 heterocycles. The number of hydrogen-bond donors (Lipinski definition) is 2. The van der Waals surface area contributed by atoms with Crippen LogP contribution in [-0.4, -0.2) is 22.7 Å². The maximum atomic E-state index is 11.5. The van der Waals surface area contributed by atoms with Crippen molar-refractivity contribution in [3.05, 3.63) is 59.2 Å². The third kappa shape index (κ3) is 1.95. The van der Waals surface area contributed by atoms with Crippen molar-refractivity contribution in [1.82, 2.24) is 4.98 Å². The third-order valence-electron chi connectivity index (χ3n) is 4.54. The lowest BCUT2D eigenvalue weighted by atomic mass is 9.83. The van der Waals surface area contributed by atoms with Crippen molar-refractivity contribution >= 4 is 16.9 Å². The average molecular weight is 322 g/mol. The molecule has 0 amide bonds. The van der Waals surface area contributed by atoms with Crippen molar-refractivity contribution in [3.8, 4) is 6.07 Å². The summed E-state index contributed by atoms with van der Waals surface area (Å²) in [5.74, 6) is -0.969. The normalized spacial score (nSPS) is 19.8. The highest BCUT2D eigenvalue weighted by Crippen LogP contribution is 2.44. The van der Waals surface area contributed by atoms with Crippen molar-refractivity contribution in [2.45, 2.75) is 18.4 Å². The van der Waals surface area contributed by atoms with Crippen LogP contribution in [0, 0.1) is 11.3 Å². The fraction of sp³-hybridized carbons (Fsp3) is 0.222. The van der Waals surface area contributed by atoms with Crippen molar-refractivity contribution in [2.24, 2.45) is 0 Å². The van der Waals surface area contributed by atoms with Crippen molar-refractivity contribution in [3.63, 3.8) is 0 Å². The minimum atomic E-state index is -1.14. The molecular formula is C18H14N2O4. The zero-order chi connectivity index (χ0) is 16.7. The Morgan fingerprint density at radius 3 is 3.00 bits per heavy atom. The van der Waals surface area contributed by atoms with Crippen LogP contribution < -0.4 is 0 Å². The highest BCUT2D eigenvalue weighted by Gasteiger charge is 2.44. The highest BCUT2D eigenvalue weighted by atomic mass is 16.5. The van der Waals surface area contributed by atoms with Gasteiger partial charge in [0.25, 0.3) is 0 Å². The second kappa shape index (κ2) is 5.25. The molecule has 4 rings (SSSR count). The van der Waals surface area contributed by atoms with Crippen molar-refractivity contribution in [1.29, 1.82) is 5.26 Å². The fourth-order valence-corrected chi connectivity index (χ4v) is 3.58. The molecular weight excluding hydrogens is 308 g/mol. The Balaban J connectivity index is 2.04. The lowest BCUT2D eigenvalue weighted by molar-refractivity contribution is -0.144. The third-order valence-corrected chi connectivity index (χ3v) is 4.54. The topological polar surface area (TPSA) is 99.2 Å². The predicted octanol–water partition coefficient (Wildman–Crippen LogP) is 2.92. The minimum absolute atomic E-state index is 0.228. The number of H-pyrrole nitrogens is 1. The van der Waals surface area contributed by atoms with E-state index in [1.165, 1.54) is 12.5 Å². The number of benzene rings is 1. The molecule has 1 aromatic carbocycles. The van der Waals surface area contributed by atoms with Gasteiger partial charge in [0.15, 0.2) is 0 Å².